The SMILES string of the molecule is Cc1ccc(Oc2c(Cl)cccc2CBr)c(C(C)(C)C)c1. The van der Waals surface area contributed by atoms with Crippen LogP contribution in [0.2, 0.25) is 5.02 Å². The number of hydrogen-bond donors (Lipinski definition) is 0. The molecule has 0 aliphatic heterocycles. The van der Waals surface area contributed by atoms with E-state index in [2.05, 4.69) is 55.8 Å². The molecule has 21 heavy (non-hydrogen) atoms. The van der Waals surface area contributed by atoms with Gasteiger partial charge in [0.1, 0.15) is 11.5 Å². The minimum absolute atomic E-state index is 0.0111. The van der Waals surface area contributed by atoms with Crippen LogP contribution in [0.4, 0.5) is 0 Å². The summed E-state index contributed by atoms with van der Waals surface area (Å²) in [7, 11) is 0. The second-order valence-electron chi connectivity index (χ2n) is 6.21. The lowest BCUT2D eigenvalue weighted by Crippen LogP contribution is -2.13. The molecule has 0 bridgehead atoms. The second kappa shape index (κ2) is 6.41. The Kier molecular flexibility index (Phi) is 5.00. The minimum atomic E-state index is 0.0111. The normalized spacial score (nSPS) is 11.5. The molecule has 0 unspecified atom stereocenters. The van der Waals surface area contributed by atoms with Crippen LogP contribution in [0.25, 0.3) is 0 Å². The largest absolute Gasteiger partial charge is 0.455 e. The molecule has 2 aromatic carbocycles. The average molecular weight is 368 g/mol. The van der Waals surface area contributed by atoms with E-state index in [9.17, 15) is 0 Å². The van der Waals surface area contributed by atoms with E-state index in [1.165, 1.54) is 11.1 Å². The molecule has 0 N–H and O–H groups in total. The molecule has 0 aliphatic rings. The molecule has 2 aromatic rings. The van der Waals surface area contributed by atoms with Crippen molar-refractivity contribution in [2.45, 2.75) is 38.4 Å². The van der Waals surface area contributed by atoms with Gasteiger partial charge in [-0.05, 0) is 24.5 Å². The monoisotopic (exact) mass is 366 g/mol. The Morgan fingerprint density at radius 2 is 1.86 bits per heavy atom. The first kappa shape index (κ1) is 16.4. The topological polar surface area (TPSA) is 9.23 Å². The zero-order valence-corrected chi connectivity index (χ0v) is 15.2. The lowest BCUT2D eigenvalue weighted by molar-refractivity contribution is 0.452. The van der Waals surface area contributed by atoms with Gasteiger partial charge in [0.15, 0.2) is 0 Å². The van der Waals surface area contributed by atoms with Crippen molar-refractivity contribution in [3.05, 3.63) is 58.1 Å². The van der Waals surface area contributed by atoms with Gasteiger partial charge in [0, 0.05) is 16.5 Å². The highest BCUT2D eigenvalue weighted by molar-refractivity contribution is 9.08. The Balaban J connectivity index is 2.50. The van der Waals surface area contributed by atoms with Crippen LogP contribution >= 0.6 is 27.5 Å². The summed E-state index contributed by atoms with van der Waals surface area (Å²) in [5, 5.41) is 1.34. The maximum absolute atomic E-state index is 6.31. The zero-order valence-electron chi connectivity index (χ0n) is 12.8. The van der Waals surface area contributed by atoms with Crippen molar-refractivity contribution in [3.63, 3.8) is 0 Å². The lowest BCUT2D eigenvalue weighted by atomic mass is 9.85. The van der Waals surface area contributed by atoms with Gasteiger partial charge in [-0.2, -0.15) is 0 Å². The first-order chi connectivity index (χ1) is 9.82. The van der Waals surface area contributed by atoms with Crippen LogP contribution in [-0.4, -0.2) is 0 Å². The number of ether oxygens (including phenoxy) is 1. The summed E-state index contributed by atoms with van der Waals surface area (Å²) in [5.41, 5.74) is 3.47. The van der Waals surface area contributed by atoms with E-state index in [4.69, 9.17) is 16.3 Å². The first-order valence-electron chi connectivity index (χ1n) is 6.95. The standard InChI is InChI=1S/C18H20BrClO/c1-12-8-9-16(14(10-12)18(2,3)4)21-17-13(11-19)6-5-7-15(17)20/h5-10H,11H2,1-4H3. The number of halogens is 2. The van der Waals surface area contributed by atoms with Crippen molar-refractivity contribution < 1.29 is 4.74 Å². The van der Waals surface area contributed by atoms with Crippen LogP contribution < -0.4 is 4.74 Å². The molecular formula is C18H20BrClO. The summed E-state index contributed by atoms with van der Waals surface area (Å²) >= 11 is 9.80. The molecule has 0 heterocycles. The third-order valence-electron chi connectivity index (χ3n) is 3.35. The molecule has 0 fully saturated rings. The van der Waals surface area contributed by atoms with Gasteiger partial charge < -0.3 is 4.74 Å². The van der Waals surface area contributed by atoms with E-state index in [0.29, 0.717) is 10.4 Å². The van der Waals surface area contributed by atoms with Crippen molar-refractivity contribution >= 4 is 27.5 Å². The van der Waals surface area contributed by atoms with E-state index in [1.54, 1.807) is 0 Å². The molecule has 0 aromatic heterocycles. The highest BCUT2D eigenvalue weighted by Gasteiger charge is 2.20. The average Bonchev–Trinajstić information content (AvgIpc) is 2.41. The smallest absolute Gasteiger partial charge is 0.150 e. The summed E-state index contributed by atoms with van der Waals surface area (Å²) in [6, 6.07) is 12.1. The third-order valence-corrected chi connectivity index (χ3v) is 4.25. The van der Waals surface area contributed by atoms with Crippen molar-refractivity contribution in [1.29, 1.82) is 0 Å². The molecule has 0 atom stereocenters. The molecular weight excluding hydrogens is 348 g/mol. The van der Waals surface area contributed by atoms with Crippen LogP contribution in [0.15, 0.2) is 36.4 Å². The second-order valence-corrected chi connectivity index (χ2v) is 7.18. The predicted molar refractivity (Wildman–Crippen MR) is 94.0 cm³/mol. The summed E-state index contributed by atoms with van der Waals surface area (Å²) in [4.78, 5) is 0. The molecule has 0 saturated heterocycles. The molecule has 0 amide bonds. The quantitative estimate of drug-likeness (QED) is 0.553. The zero-order chi connectivity index (χ0) is 15.6. The van der Waals surface area contributed by atoms with Crippen LogP contribution in [0, 0.1) is 6.92 Å². The maximum Gasteiger partial charge on any atom is 0.150 e. The Morgan fingerprint density at radius 3 is 2.48 bits per heavy atom. The molecule has 0 spiro atoms. The summed E-state index contributed by atoms with van der Waals surface area (Å²) in [6.07, 6.45) is 0. The summed E-state index contributed by atoms with van der Waals surface area (Å²) in [6.45, 7) is 8.66. The van der Waals surface area contributed by atoms with Gasteiger partial charge >= 0.3 is 0 Å². The molecule has 112 valence electrons. The first-order valence-corrected chi connectivity index (χ1v) is 8.45. The van der Waals surface area contributed by atoms with Crippen LogP contribution in [0.5, 0.6) is 11.5 Å². The van der Waals surface area contributed by atoms with Crippen molar-refractivity contribution in [3.8, 4) is 11.5 Å². The van der Waals surface area contributed by atoms with Crippen molar-refractivity contribution in [2.24, 2.45) is 0 Å². The Bertz CT molecular complexity index is 644. The van der Waals surface area contributed by atoms with Gasteiger partial charge in [0.2, 0.25) is 0 Å². The van der Waals surface area contributed by atoms with E-state index in [1.807, 2.05) is 24.3 Å². The lowest BCUT2D eigenvalue weighted by Gasteiger charge is -2.24. The van der Waals surface area contributed by atoms with Crippen molar-refractivity contribution in [1.82, 2.24) is 0 Å². The van der Waals surface area contributed by atoms with E-state index in [0.717, 1.165) is 17.1 Å². The van der Waals surface area contributed by atoms with Crippen LogP contribution in [0.1, 0.15) is 37.5 Å². The fourth-order valence-corrected chi connectivity index (χ4v) is 2.88. The van der Waals surface area contributed by atoms with Crippen molar-refractivity contribution in [2.75, 3.05) is 0 Å². The molecule has 0 aliphatic carbocycles. The molecule has 1 nitrogen and oxygen atoms in total. The van der Waals surface area contributed by atoms with Gasteiger partial charge in [-0.1, -0.05) is 78.1 Å². The Hall–Kier alpha value is -0.990. The number of hydrogen-bond acceptors (Lipinski definition) is 1. The third kappa shape index (κ3) is 3.81. The minimum Gasteiger partial charge on any atom is -0.455 e. The van der Waals surface area contributed by atoms with E-state index >= 15 is 0 Å². The number of benzene rings is 2. The van der Waals surface area contributed by atoms with E-state index < -0.39 is 0 Å². The highest BCUT2D eigenvalue weighted by atomic mass is 79.9. The molecule has 3 heteroatoms. The van der Waals surface area contributed by atoms with Gasteiger partial charge in [0.25, 0.3) is 0 Å². The fourth-order valence-electron chi connectivity index (χ4n) is 2.20. The van der Waals surface area contributed by atoms with Crippen LogP contribution in [0.3, 0.4) is 0 Å². The highest BCUT2D eigenvalue weighted by Crippen LogP contribution is 2.39. The van der Waals surface area contributed by atoms with Gasteiger partial charge in [-0.3, -0.25) is 0 Å². The van der Waals surface area contributed by atoms with Crippen LogP contribution in [-0.2, 0) is 10.7 Å². The van der Waals surface area contributed by atoms with E-state index in [-0.39, 0.29) is 5.41 Å². The number of alkyl halides is 1. The maximum atomic E-state index is 6.31. The number of aryl methyl sites for hydroxylation is 1. The molecule has 2 rings (SSSR count). The van der Waals surface area contributed by atoms with Gasteiger partial charge in [0.05, 0.1) is 5.02 Å². The predicted octanol–water partition coefficient (Wildman–Crippen LogP) is 6.63. The number of rotatable bonds is 3. The molecule has 0 radical (unpaired) electrons. The van der Waals surface area contributed by atoms with Gasteiger partial charge in [-0.25, -0.2) is 0 Å². The summed E-state index contributed by atoms with van der Waals surface area (Å²) < 4.78 is 6.18. The fraction of sp³-hybridized carbons (Fsp3) is 0.333. The van der Waals surface area contributed by atoms with Gasteiger partial charge in [-0.15, -0.1) is 0 Å². The Morgan fingerprint density at radius 1 is 1.14 bits per heavy atom. The molecule has 0 saturated carbocycles. The number of para-hydroxylation sites is 1. The summed E-state index contributed by atoms with van der Waals surface area (Å²) in [5.74, 6) is 1.59. The Labute approximate surface area is 140 Å².